The maximum atomic E-state index is 11.8. The number of nitrogens with one attached hydrogen (secondary N) is 1. The predicted molar refractivity (Wildman–Crippen MR) is 116 cm³/mol. The van der Waals surface area contributed by atoms with Gasteiger partial charge in [-0.15, -0.1) is 5.10 Å². The van der Waals surface area contributed by atoms with Crippen LogP contribution in [0.25, 0.3) is 0 Å². The van der Waals surface area contributed by atoms with Crippen molar-refractivity contribution in [2.75, 3.05) is 13.2 Å². The molecular formula is C19H22ClN3O7S. The molecule has 1 aliphatic rings. The smallest absolute Gasteiger partial charge is 0.347 e. The Morgan fingerprint density at radius 2 is 2.10 bits per heavy atom. The average molecular weight is 472 g/mol. The monoisotopic (exact) mass is 471 g/mol. The molecule has 1 aromatic rings. The molecule has 1 saturated heterocycles. The van der Waals surface area contributed by atoms with Gasteiger partial charge in [-0.2, -0.15) is 5.10 Å². The first-order valence-corrected chi connectivity index (χ1v) is 10.6. The van der Waals surface area contributed by atoms with E-state index in [0.717, 1.165) is 11.8 Å². The molecule has 1 aromatic carbocycles. The van der Waals surface area contributed by atoms with E-state index in [2.05, 4.69) is 15.5 Å². The summed E-state index contributed by atoms with van der Waals surface area (Å²) in [5.74, 6) is -1.52. The molecule has 10 nitrogen and oxygen atoms in total. The lowest BCUT2D eigenvalue weighted by atomic mass is 10.2. The first-order chi connectivity index (χ1) is 14.7. The summed E-state index contributed by atoms with van der Waals surface area (Å²) in [4.78, 5) is 34.3. The second-order valence-corrected chi connectivity index (χ2v) is 7.72. The minimum Gasteiger partial charge on any atom is -0.490 e. The molecule has 1 amide bonds. The maximum Gasteiger partial charge on any atom is 0.347 e. The van der Waals surface area contributed by atoms with E-state index in [1.54, 1.807) is 32.9 Å². The molecule has 0 radical (unpaired) electrons. The number of halogens is 1. The zero-order valence-corrected chi connectivity index (χ0v) is 18.7. The summed E-state index contributed by atoms with van der Waals surface area (Å²) in [6.07, 6.45) is 0.194. The molecule has 2 N–H and O–H groups in total. The van der Waals surface area contributed by atoms with Crippen molar-refractivity contribution >= 4 is 52.6 Å². The first-order valence-electron chi connectivity index (χ1n) is 9.35. The van der Waals surface area contributed by atoms with Crippen LogP contribution in [0.3, 0.4) is 0 Å². The SMILES string of the molecule is CCOC(=O)C(C)Oc1c(Cl)cc(C=NN=C2NC(=O)C(CC(=O)O)S2)cc1OCC. The number of aliphatic carboxylic acids is 1. The fourth-order valence-corrected chi connectivity index (χ4v) is 3.60. The first kappa shape index (κ1) is 24.5. The van der Waals surface area contributed by atoms with Gasteiger partial charge in [0.2, 0.25) is 5.91 Å². The number of benzene rings is 1. The Morgan fingerprint density at radius 1 is 1.35 bits per heavy atom. The number of ether oxygens (including phenoxy) is 3. The molecule has 2 unspecified atom stereocenters. The number of carboxylic acids is 1. The summed E-state index contributed by atoms with van der Waals surface area (Å²) in [7, 11) is 0. The predicted octanol–water partition coefficient (Wildman–Crippen LogP) is 2.47. The van der Waals surface area contributed by atoms with Crippen molar-refractivity contribution in [1.29, 1.82) is 0 Å². The Hall–Kier alpha value is -2.79. The van der Waals surface area contributed by atoms with Crippen LogP contribution in [0.5, 0.6) is 11.5 Å². The Morgan fingerprint density at radius 3 is 2.74 bits per heavy atom. The van der Waals surface area contributed by atoms with Crippen LogP contribution in [0.2, 0.25) is 5.02 Å². The highest BCUT2D eigenvalue weighted by Gasteiger charge is 2.32. The van der Waals surface area contributed by atoms with E-state index in [9.17, 15) is 14.4 Å². The third-order valence-electron chi connectivity index (χ3n) is 3.74. The highest BCUT2D eigenvalue weighted by molar-refractivity contribution is 8.15. The fraction of sp³-hybridized carbons (Fsp3) is 0.421. The van der Waals surface area contributed by atoms with Crippen LogP contribution < -0.4 is 14.8 Å². The van der Waals surface area contributed by atoms with Crippen LogP contribution in [-0.2, 0) is 19.1 Å². The lowest BCUT2D eigenvalue weighted by molar-refractivity contribution is -0.150. The Balaban J connectivity index is 2.16. The minimum atomic E-state index is -1.07. The van der Waals surface area contributed by atoms with E-state index >= 15 is 0 Å². The Bertz CT molecular complexity index is 907. The van der Waals surface area contributed by atoms with Crippen LogP contribution in [0, 0.1) is 0 Å². The molecule has 0 spiro atoms. The molecule has 12 heteroatoms. The van der Waals surface area contributed by atoms with Gasteiger partial charge in [-0.3, -0.25) is 9.59 Å². The minimum absolute atomic E-state index is 0.196. The van der Waals surface area contributed by atoms with E-state index in [4.69, 9.17) is 30.9 Å². The molecule has 168 valence electrons. The zero-order chi connectivity index (χ0) is 23.0. The maximum absolute atomic E-state index is 11.8. The number of esters is 1. The van der Waals surface area contributed by atoms with E-state index in [-0.39, 0.29) is 29.0 Å². The quantitative estimate of drug-likeness (QED) is 0.301. The number of amidine groups is 1. The number of hydrogen-bond acceptors (Lipinski definition) is 9. The largest absolute Gasteiger partial charge is 0.490 e. The van der Waals surface area contributed by atoms with Gasteiger partial charge in [-0.05, 0) is 32.9 Å². The van der Waals surface area contributed by atoms with Gasteiger partial charge in [-0.1, -0.05) is 23.4 Å². The summed E-state index contributed by atoms with van der Waals surface area (Å²) in [5, 5.41) is 18.7. The standard InChI is InChI=1S/C19H22ClN3O7S/c1-4-28-13-7-11(6-12(20)16(13)30-10(3)18(27)29-5-2)9-21-23-19-22-17(26)14(31-19)8-15(24)25/h6-7,9-10,14H,4-5,8H2,1-3H3,(H,24,25)(H,22,23,26). The second kappa shape index (κ2) is 11.6. The third-order valence-corrected chi connectivity index (χ3v) is 5.09. The van der Waals surface area contributed by atoms with Gasteiger partial charge >= 0.3 is 11.9 Å². The van der Waals surface area contributed by atoms with Gasteiger partial charge in [0, 0.05) is 5.56 Å². The van der Waals surface area contributed by atoms with Crippen LogP contribution in [-0.4, -0.2) is 58.9 Å². The van der Waals surface area contributed by atoms with Crippen LogP contribution in [0.4, 0.5) is 0 Å². The number of thioether (sulfide) groups is 1. The Labute approximate surface area is 188 Å². The lowest BCUT2D eigenvalue weighted by Crippen LogP contribution is -2.26. The van der Waals surface area contributed by atoms with E-state index in [1.807, 2.05) is 0 Å². The zero-order valence-electron chi connectivity index (χ0n) is 17.1. The summed E-state index contributed by atoms with van der Waals surface area (Å²) in [5.41, 5.74) is 0.533. The van der Waals surface area contributed by atoms with E-state index in [0.29, 0.717) is 17.9 Å². The number of nitrogens with zero attached hydrogens (tertiary/aromatic N) is 2. The van der Waals surface area contributed by atoms with Gasteiger partial charge in [0.05, 0.1) is 30.9 Å². The second-order valence-electron chi connectivity index (χ2n) is 6.12. The summed E-state index contributed by atoms with van der Waals surface area (Å²) in [6, 6.07) is 3.16. The topological polar surface area (TPSA) is 136 Å². The molecular weight excluding hydrogens is 450 g/mol. The average Bonchev–Trinajstić information content (AvgIpc) is 3.03. The summed E-state index contributed by atoms with van der Waals surface area (Å²) >= 11 is 7.31. The molecule has 31 heavy (non-hydrogen) atoms. The van der Waals surface area contributed by atoms with Crippen molar-refractivity contribution in [2.24, 2.45) is 10.2 Å². The molecule has 2 rings (SSSR count). The molecule has 1 fully saturated rings. The number of hydrogen-bond donors (Lipinski definition) is 2. The number of carboxylic acid groups (broad SMARTS) is 1. The number of carbonyl (C=O) groups is 3. The molecule has 0 aliphatic carbocycles. The summed E-state index contributed by atoms with van der Waals surface area (Å²) in [6.45, 7) is 5.58. The highest BCUT2D eigenvalue weighted by atomic mass is 35.5. The van der Waals surface area contributed by atoms with Crippen molar-refractivity contribution in [3.63, 3.8) is 0 Å². The normalized spacial score (nSPS) is 18.1. The van der Waals surface area contributed by atoms with Crippen molar-refractivity contribution in [1.82, 2.24) is 5.32 Å². The van der Waals surface area contributed by atoms with Crippen molar-refractivity contribution in [3.05, 3.63) is 22.7 Å². The number of rotatable bonds is 10. The van der Waals surface area contributed by atoms with Gasteiger partial charge in [0.15, 0.2) is 22.8 Å². The van der Waals surface area contributed by atoms with Crippen molar-refractivity contribution in [2.45, 2.75) is 38.5 Å². The van der Waals surface area contributed by atoms with Gasteiger partial charge in [-0.25, -0.2) is 4.79 Å². The molecule has 1 heterocycles. The fourth-order valence-electron chi connectivity index (χ4n) is 2.42. The molecule has 0 saturated carbocycles. The highest BCUT2D eigenvalue weighted by Crippen LogP contribution is 2.37. The van der Waals surface area contributed by atoms with E-state index < -0.39 is 29.2 Å². The van der Waals surface area contributed by atoms with Crippen LogP contribution >= 0.6 is 23.4 Å². The van der Waals surface area contributed by atoms with Crippen molar-refractivity contribution in [3.8, 4) is 11.5 Å². The molecule has 1 aliphatic heterocycles. The lowest BCUT2D eigenvalue weighted by Gasteiger charge is -2.18. The van der Waals surface area contributed by atoms with Gasteiger partial charge in [0.1, 0.15) is 5.25 Å². The summed E-state index contributed by atoms with van der Waals surface area (Å²) < 4.78 is 16.1. The molecule has 0 aromatic heterocycles. The van der Waals surface area contributed by atoms with Crippen molar-refractivity contribution < 1.29 is 33.7 Å². The third kappa shape index (κ3) is 7.14. The van der Waals surface area contributed by atoms with Crippen LogP contribution in [0.1, 0.15) is 32.8 Å². The van der Waals surface area contributed by atoms with Gasteiger partial charge < -0.3 is 24.6 Å². The Kier molecular flexibility index (Phi) is 9.13. The van der Waals surface area contributed by atoms with E-state index in [1.165, 1.54) is 6.21 Å². The van der Waals surface area contributed by atoms with Crippen LogP contribution in [0.15, 0.2) is 22.3 Å². The molecule has 2 atom stereocenters. The number of carbonyl (C=O) groups excluding carboxylic acids is 2. The van der Waals surface area contributed by atoms with Gasteiger partial charge in [0.25, 0.3) is 0 Å². The number of amides is 1. The molecule has 0 bridgehead atoms.